The van der Waals surface area contributed by atoms with Crippen LogP contribution in [-0.2, 0) is 16.6 Å². The van der Waals surface area contributed by atoms with Gasteiger partial charge in [-0.1, -0.05) is 6.07 Å². The Balaban J connectivity index is 1.53. The summed E-state index contributed by atoms with van der Waals surface area (Å²) in [5.41, 5.74) is 0.921. The maximum absolute atomic E-state index is 12.6. The molecule has 0 saturated heterocycles. The van der Waals surface area contributed by atoms with Crippen molar-refractivity contribution in [1.82, 2.24) is 24.6 Å². The van der Waals surface area contributed by atoms with Gasteiger partial charge in [-0.2, -0.15) is 0 Å². The Kier molecular flexibility index (Phi) is 4.70. The summed E-state index contributed by atoms with van der Waals surface area (Å²) in [6.07, 6.45) is 3.49. The van der Waals surface area contributed by atoms with Gasteiger partial charge in [0, 0.05) is 16.7 Å². The molecular weight excluding hydrogens is 434 g/mol. The highest BCUT2D eigenvalue weighted by atomic mass is 79.9. The van der Waals surface area contributed by atoms with Crippen molar-refractivity contribution in [3.63, 3.8) is 0 Å². The van der Waals surface area contributed by atoms with E-state index in [-0.39, 0.29) is 23.0 Å². The Labute approximate surface area is 164 Å². The molecule has 4 rings (SSSR count). The van der Waals surface area contributed by atoms with Crippen LogP contribution in [0.3, 0.4) is 0 Å². The molecule has 0 unspecified atom stereocenters. The molecule has 1 fully saturated rings. The molecule has 0 atom stereocenters. The van der Waals surface area contributed by atoms with E-state index in [2.05, 4.69) is 36.2 Å². The van der Waals surface area contributed by atoms with Gasteiger partial charge in [-0.3, -0.25) is 9.20 Å². The SMILES string of the molecule is O=C(NCc1nnc2ccccn12)c1cc(S(=O)(=O)NC2CC2)ccc1Br. The average Bonchev–Trinajstić information content (AvgIpc) is 3.35. The first-order valence-electron chi connectivity index (χ1n) is 8.33. The predicted octanol–water partition coefficient (Wildman–Crippen LogP) is 1.86. The molecule has 1 amide bonds. The summed E-state index contributed by atoms with van der Waals surface area (Å²) in [6, 6.07) is 9.91. The normalized spacial score (nSPS) is 14.4. The van der Waals surface area contributed by atoms with Crippen LogP contribution >= 0.6 is 15.9 Å². The lowest BCUT2D eigenvalue weighted by Gasteiger charge is -2.10. The highest BCUT2D eigenvalue weighted by molar-refractivity contribution is 9.10. The monoisotopic (exact) mass is 449 g/mol. The van der Waals surface area contributed by atoms with Gasteiger partial charge in [0.2, 0.25) is 10.0 Å². The average molecular weight is 450 g/mol. The zero-order valence-electron chi connectivity index (χ0n) is 14.1. The van der Waals surface area contributed by atoms with Crippen molar-refractivity contribution in [3.8, 4) is 0 Å². The fourth-order valence-electron chi connectivity index (χ4n) is 2.60. The number of aromatic nitrogens is 3. The van der Waals surface area contributed by atoms with Gasteiger partial charge in [0.05, 0.1) is 17.0 Å². The Morgan fingerprint density at radius 2 is 2.04 bits per heavy atom. The summed E-state index contributed by atoms with van der Waals surface area (Å²) in [6.45, 7) is 0.160. The van der Waals surface area contributed by atoms with Gasteiger partial charge >= 0.3 is 0 Å². The van der Waals surface area contributed by atoms with Crippen LogP contribution < -0.4 is 10.0 Å². The van der Waals surface area contributed by atoms with E-state index in [0.717, 1.165) is 12.8 Å². The number of benzene rings is 1. The highest BCUT2D eigenvalue weighted by Gasteiger charge is 2.28. The van der Waals surface area contributed by atoms with Gasteiger partial charge in [-0.15, -0.1) is 10.2 Å². The second kappa shape index (κ2) is 7.02. The molecular formula is C17H16BrN5O3S. The van der Waals surface area contributed by atoms with E-state index in [1.54, 1.807) is 10.5 Å². The molecule has 27 heavy (non-hydrogen) atoms. The fourth-order valence-corrected chi connectivity index (χ4v) is 4.36. The fraction of sp³-hybridized carbons (Fsp3) is 0.235. The maximum atomic E-state index is 12.6. The highest BCUT2D eigenvalue weighted by Crippen LogP contribution is 2.25. The zero-order chi connectivity index (χ0) is 19.0. The summed E-state index contributed by atoms with van der Waals surface area (Å²) in [4.78, 5) is 12.7. The Morgan fingerprint density at radius 1 is 1.22 bits per heavy atom. The van der Waals surface area contributed by atoms with Crippen molar-refractivity contribution < 1.29 is 13.2 Å². The van der Waals surface area contributed by atoms with Crippen LogP contribution in [0.4, 0.5) is 0 Å². The van der Waals surface area contributed by atoms with Crippen LogP contribution in [0.25, 0.3) is 5.65 Å². The quantitative estimate of drug-likeness (QED) is 0.597. The van der Waals surface area contributed by atoms with E-state index in [1.165, 1.54) is 12.1 Å². The van der Waals surface area contributed by atoms with Crippen molar-refractivity contribution >= 4 is 37.5 Å². The molecule has 2 N–H and O–H groups in total. The van der Waals surface area contributed by atoms with E-state index in [0.29, 0.717) is 15.9 Å². The van der Waals surface area contributed by atoms with E-state index in [1.807, 2.05) is 24.4 Å². The summed E-state index contributed by atoms with van der Waals surface area (Å²) in [7, 11) is -3.63. The number of carbonyl (C=O) groups is 1. The number of carbonyl (C=O) groups excluding carboxylic acids is 1. The van der Waals surface area contributed by atoms with Crippen LogP contribution in [-0.4, -0.2) is 35.0 Å². The topological polar surface area (TPSA) is 105 Å². The number of nitrogens with zero attached hydrogens (tertiary/aromatic N) is 3. The van der Waals surface area contributed by atoms with Crippen LogP contribution in [0.2, 0.25) is 0 Å². The molecule has 1 aliphatic carbocycles. The van der Waals surface area contributed by atoms with Gasteiger partial charge in [0.25, 0.3) is 5.91 Å². The second-order valence-corrected chi connectivity index (χ2v) is 8.83. The van der Waals surface area contributed by atoms with E-state index in [4.69, 9.17) is 0 Å². The largest absolute Gasteiger partial charge is 0.345 e. The molecule has 2 aromatic heterocycles. The molecule has 2 heterocycles. The minimum atomic E-state index is -3.63. The third kappa shape index (κ3) is 3.87. The molecule has 8 nitrogen and oxygen atoms in total. The van der Waals surface area contributed by atoms with Crippen LogP contribution in [0, 0.1) is 0 Å². The van der Waals surface area contributed by atoms with Crippen molar-refractivity contribution in [3.05, 3.63) is 58.5 Å². The smallest absolute Gasteiger partial charge is 0.252 e. The molecule has 0 radical (unpaired) electrons. The number of fused-ring (bicyclic) bond motifs is 1. The molecule has 10 heteroatoms. The van der Waals surface area contributed by atoms with E-state index >= 15 is 0 Å². The number of hydrogen-bond acceptors (Lipinski definition) is 5. The lowest BCUT2D eigenvalue weighted by Crippen LogP contribution is -2.27. The van der Waals surface area contributed by atoms with Gasteiger partial charge < -0.3 is 5.32 Å². The molecule has 0 aliphatic heterocycles. The summed E-state index contributed by atoms with van der Waals surface area (Å²) < 4.78 is 29.7. The maximum Gasteiger partial charge on any atom is 0.252 e. The molecule has 1 aromatic carbocycles. The number of sulfonamides is 1. The molecule has 0 spiro atoms. The molecule has 1 saturated carbocycles. The van der Waals surface area contributed by atoms with E-state index < -0.39 is 15.9 Å². The summed E-state index contributed by atoms with van der Waals surface area (Å²) in [5.74, 6) is 0.173. The zero-order valence-corrected chi connectivity index (χ0v) is 16.5. The molecule has 1 aliphatic rings. The van der Waals surface area contributed by atoms with Crippen molar-refractivity contribution in [2.75, 3.05) is 0 Å². The third-order valence-corrected chi connectivity index (χ3v) is 6.39. The first kappa shape index (κ1) is 18.1. The number of rotatable bonds is 6. The summed E-state index contributed by atoms with van der Waals surface area (Å²) in [5, 5.41) is 10.9. The van der Waals surface area contributed by atoms with Gasteiger partial charge in [0.1, 0.15) is 0 Å². The van der Waals surface area contributed by atoms with E-state index in [9.17, 15) is 13.2 Å². The van der Waals surface area contributed by atoms with Crippen LogP contribution in [0.5, 0.6) is 0 Å². The predicted molar refractivity (Wildman–Crippen MR) is 102 cm³/mol. The first-order valence-corrected chi connectivity index (χ1v) is 10.6. The standard InChI is InChI=1S/C17H16BrN5O3S/c18-14-7-6-12(27(25,26)22-11-4-5-11)9-13(14)17(24)19-10-16-21-20-15-3-1-2-8-23(15)16/h1-3,6-9,11,22H,4-5,10H2,(H,19,24). The number of amides is 1. The van der Waals surface area contributed by atoms with Crippen molar-refractivity contribution in [2.45, 2.75) is 30.3 Å². The molecule has 140 valence electrons. The Morgan fingerprint density at radius 3 is 2.81 bits per heavy atom. The number of halogens is 1. The number of hydrogen-bond donors (Lipinski definition) is 2. The minimum absolute atomic E-state index is 0.00264. The Hall–Kier alpha value is -2.30. The minimum Gasteiger partial charge on any atom is -0.345 e. The Bertz CT molecular complexity index is 1120. The second-order valence-electron chi connectivity index (χ2n) is 6.26. The van der Waals surface area contributed by atoms with Crippen LogP contribution in [0.15, 0.2) is 52.0 Å². The first-order chi connectivity index (χ1) is 12.9. The van der Waals surface area contributed by atoms with Gasteiger partial charge in [-0.05, 0) is 59.1 Å². The number of pyridine rings is 1. The lowest BCUT2D eigenvalue weighted by molar-refractivity contribution is 0.0949. The van der Waals surface area contributed by atoms with Gasteiger partial charge in [0.15, 0.2) is 11.5 Å². The van der Waals surface area contributed by atoms with Crippen molar-refractivity contribution in [2.24, 2.45) is 0 Å². The number of nitrogens with one attached hydrogen (secondary N) is 2. The lowest BCUT2D eigenvalue weighted by atomic mass is 10.2. The van der Waals surface area contributed by atoms with Crippen molar-refractivity contribution in [1.29, 1.82) is 0 Å². The van der Waals surface area contributed by atoms with Crippen LogP contribution in [0.1, 0.15) is 29.0 Å². The van der Waals surface area contributed by atoms with Gasteiger partial charge in [-0.25, -0.2) is 13.1 Å². The third-order valence-electron chi connectivity index (χ3n) is 4.18. The molecule has 0 bridgehead atoms. The molecule has 3 aromatic rings. The summed E-state index contributed by atoms with van der Waals surface area (Å²) >= 11 is 3.31.